The fourth-order valence-corrected chi connectivity index (χ4v) is 1.69. The molecule has 102 valence electrons. The number of carbonyl (C=O) groups is 3. The van der Waals surface area contributed by atoms with Gasteiger partial charge in [0.2, 0.25) is 5.91 Å². The highest BCUT2D eigenvalue weighted by molar-refractivity contribution is 5.87. The minimum Gasteiger partial charge on any atom is -0.480 e. The minimum atomic E-state index is -1.32. The number of urea groups is 1. The van der Waals surface area contributed by atoms with Gasteiger partial charge in [0.1, 0.15) is 6.04 Å². The van der Waals surface area contributed by atoms with Gasteiger partial charge in [-0.3, -0.25) is 4.79 Å². The molecule has 8 heteroatoms. The van der Waals surface area contributed by atoms with Crippen LogP contribution >= 0.6 is 0 Å². The van der Waals surface area contributed by atoms with Gasteiger partial charge in [0.15, 0.2) is 0 Å². The number of aliphatic carboxylic acids is 1. The second-order valence-corrected chi connectivity index (χ2v) is 4.15. The third-order valence-corrected chi connectivity index (χ3v) is 2.70. The van der Waals surface area contributed by atoms with E-state index in [1.54, 1.807) is 0 Å². The molecule has 0 aromatic carbocycles. The molecule has 0 aromatic rings. The van der Waals surface area contributed by atoms with Gasteiger partial charge in [-0.1, -0.05) is 0 Å². The van der Waals surface area contributed by atoms with Gasteiger partial charge in [-0.2, -0.15) is 0 Å². The average Bonchev–Trinajstić information content (AvgIpc) is 2.62. The Morgan fingerprint density at radius 2 is 2.17 bits per heavy atom. The molecule has 0 radical (unpaired) electrons. The van der Waals surface area contributed by atoms with E-state index in [-0.39, 0.29) is 12.1 Å². The van der Waals surface area contributed by atoms with Crippen molar-refractivity contribution in [3.63, 3.8) is 0 Å². The van der Waals surface area contributed by atoms with Crippen molar-refractivity contribution in [2.24, 2.45) is 5.73 Å². The molecule has 1 heterocycles. The summed E-state index contributed by atoms with van der Waals surface area (Å²) in [6.45, 7) is 2.37. The molecule has 3 atom stereocenters. The highest BCUT2D eigenvalue weighted by Crippen LogP contribution is 2.12. The number of rotatable bonds is 5. The molecule has 18 heavy (non-hydrogen) atoms. The summed E-state index contributed by atoms with van der Waals surface area (Å²) in [4.78, 5) is 33.0. The lowest BCUT2D eigenvalue weighted by molar-refractivity contribution is -0.140. The summed E-state index contributed by atoms with van der Waals surface area (Å²) < 4.78 is 5.25. The van der Waals surface area contributed by atoms with Crippen LogP contribution in [-0.2, 0) is 14.3 Å². The number of nitrogens with two attached hydrogens (primary N) is 1. The Kier molecular flexibility index (Phi) is 4.90. The normalized spacial score (nSPS) is 24.3. The molecule has 1 aliphatic rings. The van der Waals surface area contributed by atoms with E-state index < -0.39 is 30.4 Å². The maximum atomic E-state index is 11.5. The van der Waals surface area contributed by atoms with E-state index >= 15 is 0 Å². The fraction of sp³-hybridized carbons (Fsp3) is 0.700. The quantitative estimate of drug-likeness (QED) is 0.492. The number of ether oxygens (including phenoxy) is 1. The molecule has 2 unspecified atom stereocenters. The van der Waals surface area contributed by atoms with E-state index in [0.29, 0.717) is 13.0 Å². The van der Waals surface area contributed by atoms with E-state index in [4.69, 9.17) is 15.6 Å². The van der Waals surface area contributed by atoms with Gasteiger partial charge in [-0.25, -0.2) is 9.59 Å². The van der Waals surface area contributed by atoms with Gasteiger partial charge in [0.25, 0.3) is 0 Å². The Balaban J connectivity index is 2.45. The van der Waals surface area contributed by atoms with Crippen LogP contribution in [0.2, 0.25) is 0 Å². The molecule has 3 amide bonds. The second-order valence-electron chi connectivity index (χ2n) is 4.15. The Labute approximate surface area is 104 Å². The first-order chi connectivity index (χ1) is 8.40. The third kappa shape index (κ3) is 4.21. The largest absolute Gasteiger partial charge is 0.480 e. The van der Waals surface area contributed by atoms with E-state index in [2.05, 4.69) is 10.6 Å². The number of amides is 3. The average molecular weight is 259 g/mol. The van der Waals surface area contributed by atoms with Crippen LogP contribution in [-0.4, -0.2) is 47.8 Å². The molecule has 5 N–H and O–H groups in total. The topological polar surface area (TPSA) is 131 Å². The summed E-state index contributed by atoms with van der Waals surface area (Å²) in [6, 6.07) is -2.13. The number of hydrogen-bond acceptors (Lipinski definition) is 4. The lowest BCUT2D eigenvalue weighted by atomic mass is 10.1. The molecule has 1 saturated heterocycles. The van der Waals surface area contributed by atoms with Gasteiger partial charge in [0.05, 0.1) is 18.6 Å². The lowest BCUT2D eigenvalue weighted by Crippen LogP contribution is -2.51. The van der Waals surface area contributed by atoms with Crippen molar-refractivity contribution in [1.29, 1.82) is 0 Å². The van der Waals surface area contributed by atoms with Gasteiger partial charge >= 0.3 is 12.0 Å². The van der Waals surface area contributed by atoms with Crippen molar-refractivity contribution in [3.8, 4) is 0 Å². The van der Waals surface area contributed by atoms with Crippen LogP contribution in [0.5, 0.6) is 0 Å². The van der Waals surface area contributed by atoms with E-state index in [1.807, 2.05) is 6.92 Å². The predicted molar refractivity (Wildman–Crippen MR) is 60.7 cm³/mol. The van der Waals surface area contributed by atoms with Crippen molar-refractivity contribution < 1.29 is 24.2 Å². The second kappa shape index (κ2) is 6.20. The van der Waals surface area contributed by atoms with E-state index in [1.165, 1.54) is 0 Å². The maximum absolute atomic E-state index is 11.5. The minimum absolute atomic E-state index is 0.116. The summed E-state index contributed by atoms with van der Waals surface area (Å²) in [6.07, 6.45) is 0.108. The van der Waals surface area contributed by atoms with Crippen LogP contribution < -0.4 is 16.4 Å². The van der Waals surface area contributed by atoms with Crippen molar-refractivity contribution in [2.75, 3.05) is 6.61 Å². The standard InChI is InChI=1S/C10H17N3O5/c1-5-6(2-3-18-5)12-10(17)13-7(9(15)16)4-8(11)14/h5-7H,2-4H2,1H3,(H2,11,14)(H,15,16)(H2,12,13,17)/t5?,6?,7-/m0/s1. The first-order valence-corrected chi connectivity index (χ1v) is 5.60. The van der Waals surface area contributed by atoms with Crippen molar-refractivity contribution in [2.45, 2.75) is 38.0 Å². The van der Waals surface area contributed by atoms with Crippen LogP contribution in [0.3, 0.4) is 0 Å². The summed E-state index contributed by atoms with van der Waals surface area (Å²) >= 11 is 0. The Morgan fingerprint density at radius 1 is 1.50 bits per heavy atom. The lowest BCUT2D eigenvalue weighted by Gasteiger charge is -2.18. The van der Waals surface area contributed by atoms with Gasteiger partial charge in [-0.05, 0) is 13.3 Å². The number of carboxylic acids is 1. The molecular formula is C10H17N3O5. The van der Waals surface area contributed by atoms with Crippen LogP contribution in [0.15, 0.2) is 0 Å². The zero-order valence-corrected chi connectivity index (χ0v) is 10.0. The van der Waals surface area contributed by atoms with Crippen molar-refractivity contribution in [1.82, 2.24) is 10.6 Å². The number of primary amides is 1. The number of nitrogens with one attached hydrogen (secondary N) is 2. The number of carbonyl (C=O) groups excluding carboxylic acids is 2. The van der Waals surface area contributed by atoms with Crippen LogP contribution in [0.4, 0.5) is 4.79 Å². The maximum Gasteiger partial charge on any atom is 0.326 e. The first-order valence-electron chi connectivity index (χ1n) is 5.60. The monoisotopic (exact) mass is 259 g/mol. The molecule has 0 saturated carbocycles. The molecule has 0 spiro atoms. The molecule has 0 aliphatic carbocycles. The SMILES string of the molecule is CC1OCCC1NC(=O)N[C@@H](CC(N)=O)C(=O)O. The van der Waals surface area contributed by atoms with Crippen LogP contribution in [0, 0.1) is 0 Å². The first kappa shape index (κ1) is 14.2. The summed E-state index contributed by atoms with van der Waals surface area (Å²) in [5.41, 5.74) is 4.90. The third-order valence-electron chi connectivity index (χ3n) is 2.70. The van der Waals surface area contributed by atoms with Crippen molar-refractivity contribution >= 4 is 17.9 Å². The fourth-order valence-electron chi connectivity index (χ4n) is 1.69. The molecule has 1 aliphatic heterocycles. The summed E-state index contributed by atoms with van der Waals surface area (Å²) in [5.74, 6) is -2.10. The highest BCUT2D eigenvalue weighted by atomic mass is 16.5. The summed E-state index contributed by atoms with van der Waals surface area (Å²) in [5, 5.41) is 13.6. The van der Waals surface area contributed by atoms with Gasteiger partial charge in [-0.15, -0.1) is 0 Å². The highest BCUT2D eigenvalue weighted by Gasteiger charge is 2.28. The summed E-state index contributed by atoms with van der Waals surface area (Å²) in [7, 11) is 0. The zero-order chi connectivity index (χ0) is 13.7. The van der Waals surface area contributed by atoms with E-state index in [9.17, 15) is 14.4 Å². The van der Waals surface area contributed by atoms with Crippen molar-refractivity contribution in [3.05, 3.63) is 0 Å². The zero-order valence-electron chi connectivity index (χ0n) is 10.0. The predicted octanol–water partition coefficient (Wildman–Crippen LogP) is -1.21. The Hall–Kier alpha value is -1.83. The van der Waals surface area contributed by atoms with E-state index in [0.717, 1.165) is 0 Å². The Morgan fingerprint density at radius 3 is 2.61 bits per heavy atom. The molecular weight excluding hydrogens is 242 g/mol. The van der Waals surface area contributed by atoms with Gasteiger partial charge < -0.3 is 26.2 Å². The molecule has 1 rings (SSSR count). The molecule has 0 aromatic heterocycles. The Bertz CT molecular complexity index is 346. The number of carboxylic acid groups (broad SMARTS) is 1. The number of hydrogen-bond donors (Lipinski definition) is 4. The molecule has 8 nitrogen and oxygen atoms in total. The smallest absolute Gasteiger partial charge is 0.326 e. The molecule has 1 fully saturated rings. The van der Waals surface area contributed by atoms with Gasteiger partial charge in [0, 0.05) is 6.61 Å². The molecule has 0 bridgehead atoms. The van der Waals surface area contributed by atoms with Crippen LogP contribution in [0.1, 0.15) is 19.8 Å². The van der Waals surface area contributed by atoms with Crippen LogP contribution in [0.25, 0.3) is 0 Å².